The van der Waals surface area contributed by atoms with Crippen molar-refractivity contribution in [3.8, 4) is 11.4 Å². The molecule has 0 radical (unpaired) electrons. The highest BCUT2D eigenvalue weighted by Gasteiger charge is 2.17. The number of aromatic nitrogens is 2. The molecule has 2 aliphatic heterocycles. The van der Waals surface area contributed by atoms with Crippen LogP contribution in [0, 0.1) is 6.92 Å². The topological polar surface area (TPSA) is 66.0 Å². The maximum Gasteiger partial charge on any atom is 0.161 e. The summed E-state index contributed by atoms with van der Waals surface area (Å²) in [7, 11) is 1.77. The van der Waals surface area contributed by atoms with Gasteiger partial charge < -0.3 is 19.7 Å². The lowest BCUT2D eigenvalue weighted by Gasteiger charge is -2.36. The molecule has 2 aromatic rings. The first-order valence-corrected chi connectivity index (χ1v) is 12.2. The van der Waals surface area contributed by atoms with Crippen LogP contribution in [0.1, 0.15) is 12.0 Å². The lowest BCUT2D eigenvalue weighted by atomic mass is 10.1. The fourth-order valence-corrected chi connectivity index (χ4v) is 4.37. The minimum atomic E-state index is 0.771. The van der Waals surface area contributed by atoms with Gasteiger partial charge in [-0.05, 0) is 44.2 Å². The van der Waals surface area contributed by atoms with Crippen LogP contribution in [0.3, 0.4) is 0 Å². The highest BCUT2D eigenvalue weighted by atomic mass is 16.5. The SMILES string of the molecule is COCCN1CCN(c2ccc(-c3ncc(C)c(NCCCN4CCOCC4)n3)cc2)CC1. The predicted molar refractivity (Wildman–Crippen MR) is 133 cm³/mol. The maximum absolute atomic E-state index is 5.42. The number of methoxy groups -OCH3 is 1. The van der Waals surface area contributed by atoms with Crippen LogP contribution < -0.4 is 10.2 Å². The molecule has 2 fully saturated rings. The van der Waals surface area contributed by atoms with E-state index in [9.17, 15) is 0 Å². The first-order valence-electron chi connectivity index (χ1n) is 12.2. The van der Waals surface area contributed by atoms with Gasteiger partial charge in [-0.15, -0.1) is 0 Å². The third-order valence-corrected chi connectivity index (χ3v) is 6.49. The minimum Gasteiger partial charge on any atom is -0.383 e. The first-order chi connectivity index (χ1) is 16.2. The number of ether oxygens (including phenoxy) is 2. The Labute approximate surface area is 197 Å². The van der Waals surface area contributed by atoms with E-state index >= 15 is 0 Å². The number of nitrogens with one attached hydrogen (secondary N) is 1. The van der Waals surface area contributed by atoms with Crippen molar-refractivity contribution >= 4 is 11.5 Å². The molecule has 33 heavy (non-hydrogen) atoms. The van der Waals surface area contributed by atoms with Crippen LogP contribution in [0.2, 0.25) is 0 Å². The predicted octanol–water partition coefficient (Wildman–Crippen LogP) is 2.35. The molecule has 0 saturated carbocycles. The number of nitrogens with zero attached hydrogens (tertiary/aromatic N) is 5. The van der Waals surface area contributed by atoms with Crippen molar-refractivity contribution in [1.82, 2.24) is 19.8 Å². The van der Waals surface area contributed by atoms with E-state index in [0.717, 1.165) is 108 Å². The second-order valence-electron chi connectivity index (χ2n) is 8.83. The van der Waals surface area contributed by atoms with Crippen molar-refractivity contribution in [3.63, 3.8) is 0 Å². The van der Waals surface area contributed by atoms with Crippen molar-refractivity contribution < 1.29 is 9.47 Å². The molecule has 0 unspecified atom stereocenters. The average Bonchev–Trinajstić information content (AvgIpc) is 2.87. The summed E-state index contributed by atoms with van der Waals surface area (Å²) in [6.45, 7) is 13.9. The highest BCUT2D eigenvalue weighted by molar-refractivity contribution is 5.62. The summed E-state index contributed by atoms with van der Waals surface area (Å²) in [6.07, 6.45) is 3.01. The molecule has 180 valence electrons. The summed E-state index contributed by atoms with van der Waals surface area (Å²) in [4.78, 5) is 16.8. The van der Waals surface area contributed by atoms with Gasteiger partial charge in [0.25, 0.3) is 0 Å². The van der Waals surface area contributed by atoms with E-state index in [1.165, 1.54) is 5.69 Å². The molecule has 2 aliphatic rings. The Kier molecular flexibility index (Phi) is 8.88. The van der Waals surface area contributed by atoms with Crippen molar-refractivity contribution in [2.75, 3.05) is 96.0 Å². The highest BCUT2D eigenvalue weighted by Crippen LogP contribution is 2.23. The third-order valence-electron chi connectivity index (χ3n) is 6.49. The molecule has 8 nitrogen and oxygen atoms in total. The number of aryl methyl sites for hydroxylation is 1. The van der Waals surface area contributed by atoms with Crippen LogP contribution in [0.5, 0.6) is 0 Å². The van der Waals surface area contributed by atoms with E-state index in [1.54, 1.807) is 7.11 Å². The van der Waals surface area contributed by atoms with Crippen LogP contribution in [0.25, 0.3) is 11.4 Å². The molecule has 0 bridgehead atoms. The second-order valence-corrected chi connectivity index (χ2v) is 8.83. The standard InChI is InChI=1S/C25H38N6O2/c1-21-20-27-25(28-24(21)26-8-3-9-29-15-18-33-19-16-29)22-4-6-23(7-5-22)31-12-10-30(11-13-31)14-17-32-2/h4-7,20H,3,8-19H2,1-2H3,(H,26,27,28). The summed E-state index contributed by atoms with van der Waals surface area (Å²) in [6, 6.07) is 8.66. The van der Waals surface area contributed by atoms with Crippen molar-refractivity contribution in [3.05, 3.63) is 36.0 Å². The molecular weight excluding hydrogens is 416 g/mol. The van der Waals surface area contributed by atoms with E-state index < -0.39 is 0 Å². The van der Waals surface area contributed by atoms with Gasteiger partial charge in [0.05, 0.1) is 19.8 Å². The quantitative estimate of drug-likeness (QED) is 0.549. The molecule has 1 aromatic heterocycles. The van der Waals surface area contributed by atoms with Crippen molar-refractivity contribution in [1.29, 1.82) is 0 Å². The van der Waals surface area contributed by atoms with Gasteiger partial charge in [0.2, 0.25) is 0 Å². The van der Waals surface area contributed by atoms with E-state index in [1.807, 2.05) is 6.20 Å². The fraction of sp³-hybridized carbons (Fsp3) is 0.600. The van der Waals surface area contributed by atoms with Gasteiger partial charge in [-0.1, -0.05) is 0 Å². The van der Waals surface area contributed by atoms with Gasteiger partial charge in [0.15, 0.2) is 5.82 Å². The normalized spacial score (nSPS) is 17.9. The lowest BCUT2D eigenvalue weighted by Crippen LogP contribution is -2.47. The Bertz CT molecular complexity index is 848. The van der Waals surface area contributed by atoms with Gasteiger partial charge in [-0.3, -0.25) is 9.80 Å². The number of piperazine rings is 1. The molecular formula is C25H38N6O2. The van der Waals surface area contributed by atoms with Crippen molar-refractivity contribution in [2.45, 2.75) is 13.3 Å². The van der Waals surface area contributed by atoms with Crippen LogP contribution >= 0.6 is 0 Å². The maximum atomic E-state index is 5.42. The third kappa shape index (κ3) is 6.86. The van der Waals surface area contributed by atoms with Crippen LogP contribution in [-0.4, -0.2) is 106 Å². The Morgan fingerprint density at radius 2 is 1.70 bits per heavy atom. The zero-order valence-electron chi connectivity index (χ0n) is 20.1. The molecule has 0 spiro atoms. The largest absolute Gasteiger partial charge is 0.383 e. The lowest BCUT2D eigenvalue weighted by molar-refractivity contribution is 0.0378. The van der Waals surface area contributed by atoms with Gasteiger partial charge in [0.1, 0.15) is 5.82 Å². The number of anilines is 2. The molecule has 3 heterocycles. The summed E-state index contributed by atoms with van der Waals surface area (Å²) in [5.74, 6) is 1.70. The molecule has 8 heteroatoms. The molecule has 0 aliphatic carbocycles. The second kappa shape index (κ2) is 12.3. The smallest absolute Gasteiger partial charge is 0.161 e. The summed E-state index contributed by atoms with van der Waals surface area (Å²) >= 11 is 0. The van der Waals surface area contributed by atoms with Crippen LogP contribution in [0.4, 0.5) is 11.5 Å². The van der Waals surface area contributed by atoms with E-state index in [-0.39, 0.29) is 0 Å². The Morgan fingerprint density at radius 1 is 0.970 bits per heavy atom. The van der Waals surface area contributed by atoms with Crippen molar-refractivity contribution in [2.24, 2.45) is 0 Å². The Hall–Kier alpha value is -2.26. The van der Waals surface area contributed by atoms with Gasteiger partial charge in [-0.2, -0.15) is 0 Å². The molecule has 1 aromatic carbocycles. The first kappa shape index (κ1) is 23.9. The molecule has 2 saturated heterocycles. The Balaban J connectivity index is 1.29. The van der Waals surface area contributed by atoms with Crippen LogP contribution in [0.15, 0.2) is 30.5 Å². The summed E-state index contributed by atoms with van der Waals surface area (Å²) in [5.41, 5.74) is 3.39. The number of hydrogen-bond donors (Lipinski definition) is 1. The average molecular weight is 455 g/mol. The minimum absolute atomic E-state index is 0.771. The fourth-order valence-electron chi connectivity index (χ4n) is 4.37. The van der Waals surface area contributed by atoms with Gasteiger partial charge >= 0.3 is 0 Å². The van der Waals surface area contributed by atoms with E-state index in [2.05, 4.69) is 56.2 Å². The molecule has 4 rings (SSSR count). The van der Waals surface area contributed by atoms with Gasteiger partial charge in [-0.25, -0.2) is 9.97 Å². The number of morpholine rings is 1. The monoisotopic (exact) mass is 454 g/mol. The molecule has 0 amide bonds. The molecule has 1 N–H and O–H groups in total. The van der Waals surface area contributed by atoms with E-state index in [4.69, 9.17) is 14.5 Å². The zero-order chi connectivity index (χ0) is 22.9. The number of rotatable bonds is 10. The Morgan fingerprint density at radius 3 is 2.42 bits per heavy atom. The molecule has 0 atom stereocenters. The van der Waals surface area contributed by atoms with E-state index in [0.29, 0.717) is 0 Å². The summed E-state index contributed by atoms with van der Waals surface area (Å²) in [5, 5.41) is 3.51. The number of hydrogen-bond acceptors (Lipinski definition) is 8. The number of benzene rings is 1. The zero-order valence-corrected chi connectivity index (χ0v) is 20.1. The van der Waals surface area contributed by atoms with Gasteiger partial charge in [0, 0.05) is 82.5 Å². The summed E-state index contributed by atoms with van der Waals surface area (Å²) < 4.78 is 10.6. The van der Waals surface area contributed by atoms with Crippen LogP contribution in [-0.2, 0) is 9.47 Å².